The summed E-state index contributed by atoms with van der Waals surface area (Å²) in [4.78, 5) is 18.6. The standard InChI is InChI=1S/C10H14N2O3S/c13-8(7-10-11-4-5-12-10)9-3-1-2-6-16(9,14)15/h4-5,9H,1-3,6-7H2,(H,11,12). The third-order valence-electron chi connectivity index (χ3n) is 2.83. The second kappa shape index (κ2) is 4.37. The number of imidazole rings is 1. The number of ketones is 1. The van der Waals surface area contributed by atoms with E-state index in [2.05, 4.69) is 9.97 Å². The van der Waals surface area contributed by atoms with Gasteiger partial charge >= 0.3 is 0 Å². The van der Waals surface area contributed by atoms with Crippen molar-refractivity contribution in [3.63, 3.8) is 0 Å². The number of carbonyl (C=O) groups is 1. The van der Waals surface area contributed by atoms with Gasteiger partial charge in [0, 0.05) is 12.4 Å². The minimum Gasteiger partial charge on any atom is -0.348 e. The second-order valence-corrected chi connectivity index (χ2v) is 6.33. The first kappa shape index (κ1) is 11.3. The third kappa shape index (κ3) is 2.32. The molecule has 0 aromatic carbocycles. The van der Waals surface area contributed by atoms with Crippen LogP contribution in [0.1, 0.15) is 25.1 Å². The second-order valence-electron chi connectivity index (χ2n) is 4.03. The molecule has 0 aliphatic carbocycles. The number of hydrogen-bond acceptors (Lipinski definition) is 4. The molecular formula is C10H14N2O3S. The Morgan fingerprint density at radius 2 is 2.31 bits per heavy atom. The van der Waals surface area contributed by atoms with Gasteiger partial charge in [0.05, 0.1) is 12.2 Å². The number of rotatable bonds is 3. The zero-order valence-electron chi connectivity index (χ0n) is 8.85. The Hall–Kier alpha value is -1.17. The van der Waals surface area contributed by atoms with Crippen LogP contribution in [0.4, 0.5) is 0 Å². The maximum absolute atomic E-state index is 11.8. The number of aromatic nitrogens is 2. The molecule has 1 aromatic rings. The molecule has 1 N–H and O–H groups in total. The molecule has 1 atom stereocenters. The topological polar surface area (TPSA) is 79.9 Å². The molecule has 1 fully saturated rings. The van der Waals surface area contributed by atoms with Gasteiger partial charge < -0.3 is 4.98 Å². The number of Topliss-reactive ketones (excluding diaryl/α,β-unsaturated/α-hetero) is 1. The van der Waals surface area contributed by atoms with Crippen LogP contribution in [0.25, 0.3) is 0 Å². The van der Waals surface area contributed by atoms with E-state index in [-0.39, 0.29) is 18.0 Å². The SMILES string of the molecule is O=C(Cc1ncc[nH]1)C1CCCCS1(=O)=O. The van der Waals surface area contributed by atoms with Crippen molar-refractivity contribution in [2.45, 2.75) is 30.9 Å². The quantitative estimate of drug-likeness (QED) is 0.836. The molecule has 0 bridgehead atoms. The Labute approximate surface area is 94.2 Å². The molecule has 2 rings (SSSR count). The van der Waals surface area contributed by atoms with Gasteiger partial charge in [-0.2, -0.15) is 0 Å². The maximum atomic E-state index is 11.8. The molecule has 5 nitrogen and oxygen atoms in total. The van der Waals surface area contributed by atoms with E-state index < -0.39 is 15.1 Å². The number of sulfone groups is 1. The van der Waals surface area contributed by atoms with Gasteiger partial charge in [-0.3, -0.25) is 4.79 Å². The van der Waals surface area contributed by atoms with E-state index in [4.69, 9.17) is 0 Å². The molecule has 2 heterocycles. The van der Waals surface area contributed by atoms with Crippen molar-refractivity contribution in [3.05, 3.63) is 18.2 Å². The third-order valence-corrected chi connectivity index (χ3v) is 5.06. The Balaban J connectivity index is 2.09. The van der Waals surface area contributed by atoms with Gasteiger partial charge in [0.2, 0.25) is 0 Å². The Morgan fingerprint density at radius 3 is 2.94 bits per heavy atom. The maximum Gasteiger partial charge on any atom is 0.160 e. The van der Waals surface area contributed by atoms with E-state index in [1.54, 1.807) is 12.4 Å². The van der Waals surface area contributed by atoms with Crippen molar-refractivity contribution >= 4 is 15.6 Å². The Bertz CT molecular complexity index is 464. The van der Waals surface area contributed by atoms with Gasteiger partial charge in [0.1, 0.15) is 11.1 Å². The van der Waals surface area contributed by atoms with Crippen LogP contribution in [0.2, 0.25) is 0 Å². The highest BCUT2D eigenvalue weighted by atomic mass is 32.2. The highest BCUT2D eigenvalue weighted by molar-refractivity contribution is 7.92. The van der Waals surface area contributed by atoms with Crippen LogP contribution in [0.5, 0.6) is 0 Å². The monoisotopic (exact) mass is 242 g/mol. The van der Waals surface area contributed by atoms with Crippen LogP contribution in [-0.2, 0) is 21.1 Å². The molecule has 1 aliphatic rings. The molecule has 1 aliphatic heterocycles. The molecule has 0 radical (unpaired) electrons. The fourth-order valence-electron chi connectivity index (χ4n) is 1.99. The molecule has 0 saturated carbocycles. The number of carbonyl (C=O) groups excluding carboxylic acids is 1. The molecule has 1 aromatic heterocycles. The van der Waals surface area contributed by atoms with Crippen LogP contribution in [0.3, 0.4) is 0 Å². The van der Waals surface area contributed by atoms with Crippen LogP contribution in [-0.4, -0.2) is 35.2 Å². The van der Waals surface area contributed by atoms with Crippen LogP contribution in [0.15, 0.2) is 12.4 Å². The van der Waals surface area contributed by atoms with Crippen molar-refractivity contribution in [2.75, 3.05) is 5.75 Å². The van der Waals surface area contributed by atoms with Crippen LogP contribution in [0, 0.1) is 0 Å². The first-order valence-electron chi connectivity index (χ1n) is 5.32. The smallest absolute Gasteiger partial charge is 0.160 e. The van der Waals surface area contributed by atoms with Gasteiger partial charge in [0.15, 0.2) is 15.6 Å². The number of aromatic amines is 1. The largest absolute Gasteiger partial charge is 0.348 e. The van der Waals surface area contributed by atoms with Gasteiger partial charge in [-0.1, -0.05) is 6.42 Å². The first-order chi connectivity index (χ1) is 7.59. The van der Waals surface area contributed by atoms with Crippen LogP contribution >= 0.6 is 0 Å². The number of hydrogen-bond donors (Lipinski definition) is 1. The fraction of sp³-hybridized carbons (Fsp3) is 0.600. The number of nitrogens with zero attached hydrogens (tertiary/aromatic N) is 1. The van der Waals surface area contributed by atoms with Crippen molar-refractivity contribution in [1.29, 1.82) is 0 Å². The molecule has 0 spiro atoms. The fourth-order valence-corrected chi connectivity index (χ4v) is 3.89. The highest BCUT2D eigenvalue weighted by Crippen LogP contribution is 2.21. The molecule has 1 unspecified atom stereocenters. The van der Waals surface area contributed by atoms with E-state index in [1.165, 1.54) is 0 Å². The summed E-state index contributed by atoms with van der Waals surface area (Å²) in [5.74, 6) is 0.432. The lowest BCUT2D eigenvalue weighted by atomic mass is 10.1. The molecule has 88 valence electrons. The van der Waals surface area contributed by atoms with Gasteiger partial charge in [-0.05, 0) is 12.8 Å². The molecule has 1 saturated heterocycles. The average molecular weight is 242 g/mol. The van der Waals surface area contributed by atoms with Crippen molar-refractivity contribution < 1.29 is 13.2 Å². The minimum atomic E-state index is -3.22. The van der Waals surface area contributed by atoms with Gasteiger partial charge in [0.25, 0.3) is 0 Å². The van der Waals surface area contributed by atoms with Gasteiger partial charge in [-0.15, -0.1) is 0 Å². The summed E-state index contributed by atoms with van der Waals surface area (Å²) in [6, 6.07) is 0. The molecule has 6 heteroatoms. The lowest BCUT2D eigenvalue weighted by Gasteiger charge is -2.20. The predicted molar refractivity (Wildman–Crippen MR) is 58.7 cm³/mol. The summed E-state index contributed by atoms with van der Waals surface area (Å²) in [7, 11) is -3.22. The summed E-state index contributed by atoms with van der Waals surface area (Å²) >= 11 is 0. The Morgan fingerprint density at radius 1 is 1.50 bits per heavy atom. The van der Waals surface area contributed by atoms with E-state index in [0.717, 1.165) is 6.42 Å². The first-order valence-corrected chi connectivity index (χ1v) is 7.04. The number of H-pyrrole nitrogens is 1. The van der Waals surface area contributed by atoms with Crippen molar-refractivity contribution in [1.82, 2.24) is 9.97 Å². The summed E-state index contributed by atoms with van der Waals surface area (Å²) < 4.78 is 23.4. The zero-order chi connectivity index (χ0) is 11.6. The van der Waals surface area contributed by atoms with E-state index in [1.807, 2.05) is 0 Å². The normalized spacial score (nSPS) is 24.1. The average Bonchev–Trinajstić information content (AvgIpc) is 2.69. The summed E-state index contributed by atoms with van der Waals surface area (Å²) in [6.07, 6.45) is 5.20. The Kier molecular flexibility index (Phi) is 3.09. The van der Waals surface area contributed by atoms with E-state index in [0.29, 0.717) is 18.7 Å². The zero-order valence-corrected chi connectivity index (χ0v) is 9.66. The highest BCUT2D eigenvalue weighted by Gasteiger charge is 2.34. The summed E-state index contributed by atoms with van der Waals surface area (Å²) in [5.41, 5.74) is 0. The minimum absolute atomic E-state index is 0.0803. The van der Waals surface area contributed by atoms with Crippen LogP contribution < -0.4 is 0 Å². The van der Waals surface area contributed by atoms with E-state index >= 15 is 0 Å². The van der Waals surface area contributed by atoms with Crippen molar-refractivity contribution in [3.8, 4) is 0 Å². The summed E-state index contributed by atoms with van der Waals surface area (Å²) in [5, 5.41) is -0.814. The number of nitrogens with one attached hydrogen (secondary N) is 1. The molecular weight excluding hydrogens is 228 g/mol. The molecule has 0 amide bonds. The molecule has 16 heavy (non-hydrogen) atoms. The van der Waals surface area contributed by atoms with Crippen molar-refractivity contribution in [2.24, 2.45) is 0 Å². The predicted octanol–water partition coefficient (Wildman–Crippen LogP) is 0.489. The lowest BCUT2D eigenvalue weighted by Crippen LogP contribution is -2.36. The van der Waals surface area contributed by atoms with E-state index in [9.17, 15) is 13.2 Å². The van der Waals surface area contributed by atoms with Gasteiger partial charge in [-0.25, -0.2) is 13.4 Å². The summed E-state index contributed by atoms with van der Waals surface area (Å²) in [6.45, 7) is 0. The lowest BCUT2D eigenvalue weighted by molar-refractivity contribution is -0.118.